The molecule has 1 saturated carbocycles. The maximum Gasteiger partial charge on any atom is 0.0814 e. The zero-order valence-electron chi connectivity index (χ0n) is 9.38. The molecule has 2 unspecified atom stereocenters. The maximum absolute atomic E-state index is 9.09. The van der Waals surface area contributed by atoms with E-state index in [1.807, 2.05) is 0 Å². The summed E-state index contributed by atoms with van der Waals surface area (Å²) < 4.78 is 6.02. The van der Waals surface area contributed by atoms with Gasteiger partial charge in [0.05, 0.1) is 18.3 Å². The molecular weight excluding hydrogens is 176 g/mol. The molecule has 2 fully saturated rings. The first-order valence-electron chi connectivity index (χ1n) is 5.84. The van der Waals surface area contributed by atoms with Crippen LogP contribution in [-0.4, -0.2) is 23.4 Å². The van der Waals surface area contributed by atoms with Crippen LogP contribution in [-0.2, 0) is 4.74 Å². The quantitative estimate of drug-likeness (QED) is 0.701. The normalized spacial score (nSPS) is 41.8. The van der Waals surface area contributed by atoms with E-state index in [1.54, 1.807) is 0 Å². The van der Waals surface area contributed by atoms with E-state index < -0.39 is 0 Å². The minimum atomic E-state index is 0.115. The summed E-state index contributed by atoms with van der Waals surface area (Å²) in [7, 11) is 0. The van der Waals surface area contributed by atoms with Gasteiger partial charge in [-0.2, -0.15) is 0 Å². The van der Waals surface area contributed by atoms with Gasteiger partial charge in [0.1, 0.15) is 0 Å². The lowest BCUT2D eigenvalue weighted by molar-refractivity contribution is -0.101. The van der Waals surface area contributed by atoms with Crippen molar-refractivity contribution in [2.45, 2.75) is 64.1 Å². The Morgan fingerprint density at radius 3 is 2.64 bits per heavy atom. The summed E-state index contributed by atoms with van der Waals surface area (Å²) in [5.74, 6) is 0. The Labute approximate surface area is 86.6 Å². The Balaban J connectivity index is 2.03. The van der Waals surface area contributed by atoms with Gasteiger partial charge >= 0.3 is 0 Å². The number of aliphatic hydroxyl groups is 1. The van der Waals surface area contributed by atoms with Gasteiger partial charge in [-0.1, -0.05) is 20.3 Å². The zero-order chi connectivity index (χ0) is 10.2. The molecular formula is C12H22O2. The molecule has 2 atom stereocenters. The predicted molar refractivity (Wildman–Crippen MR) is 56.2 cm³/mol. The molecule has 1 N–H and O–H groups in total. The molecule has 1 heterocycles. The van der Waals surface area contributed by atoms with Crippen LogP contribution in [0.1, 0.15) is 52.4 Å². The molecule has 2 heteroatoms. The molecule has 0 aromatic heterocycles. The number of hydrogen-bond acceptors (Lipinski definition) is 2. The van der Waals surface area contributed by atoms with Crippen molar-refractivity contribution in [2.24, 2.45) is 5.41 Å². The van der Waals surface area contributed by atoms with E-state index in [0.29, 0.717) is 5.41 Å². The van der Waals surface area contributed by atoms with E-state index in [4.69, 9.17) is 9.84 Å². The zero-order valence-corrected chi connectivity index (χ0v) is 9.38. The average Bonchev–Trinajstić information content (AvgIpc) is 2.46. The lowest BCUT2D eigenvalue weighted by Crippen LogP contribution is -2.39. The predicted octanol–water partition coefficient (Wildman–Crippen LogP) is 2.50. The monoisotopic (exact) mass is 198 g/mol. The topological polar surface area (TPSA) is 29.5 Å². The Morgan fingerprint density at radius 1 is 1.29 bits per heavy atom. The van der Waals surface area contributed by atoms with E-state index in [-0.39, 0.29) is 18.3 Å². The van der Waals surface area contributed by atoms with Gasteiger partial charge in [0.15, 0.2) is 0 Å². The van der Waals surface area contributed by atoms with E-state index in [0.717, 1.165) is 12.8 Å². The van der Waals surface area contributed by atoms with Crippen molar-refractivity contribution >= 4 is 0 Å². The van der Waals surface area contributed by atoms with Crippen LogP contribution in [0.25, 0.3) is 0 Å². The van der Waals surface area contributed by atoms with E-state index in [1.165, 1.54) is 25.7 Å². The van der Waals surface area contributed by atoms with Crippen molar-refractivity contribution < 1.29 is 9.84 Å². The molecule has 2 rings (SSSR count). The van der Waals surface area contributed by atoms with Gasteiger partial charge in [-0.05, 0) is 37.5 Å². The van der Waals surface area contributed by atoms with E-state index >= 15 is 0 Å². The third kappa shape index (κ3) is 1.96. The molecule has 1 spiro atoms. The number of hydrogen-bond donors (Lipinski definition) is 1. The molecule has 0 bridgehead atoms. The first kappa shape index (κ1) is 10.4. The Bertz CT molecular complexity index is 212. The van der Waals surface area contributed by atoms with Crippen molar-refractivity contribution in [3.05, 3.63) is 0 Å². The summed E-state index contributed by atoms with van der Waals surface area (Å²) in [6.07, 6.45) is 7.30. The van der Waals surface area contributed by atoms with Crippen LogP contribution in [0.3, 0.4) is 0 Å². The van der Waals surface area contributed by atoms with Crippen LogP contribution in [0.4, 0.5) is 0 Å². The third-order valence-electron chi connectivity index (χ3n) is 3.83. The van der Waals surface area contributed by atoms with Crippen molar-refractivity contribution in [3.8, 4) is 0 Å². The van der Waals surface area contributed by atoms with Crippen molar-refractivity contribution in [2.75, 3.05) is 6.61 Å². The standard InChI is InChI=1S/C12H22O2/c1-11(2)5-3-6-12(9-11)7-4-10(8-13)14-12/h10,13H,3-9H2,1-2H3. The Kier molecular flexibility index (Phi) is 2.61. The lowest BCUT2D eigenvalue weighted by Gasteiger charge is -2.42. The molecule has 0 amide bonds. The molecule has 2 aliphatic rings. The minimum absolute atomic E-state index is 0.115. The highest BCUT2D eigenvalue weighted by atomic mass is 16.5. The molecule has 1 saturated heterocycles. The number of ether oxygens (including phenoxy) is 1. The van der Waals surface area contributed by atoms with Gasteiger partial charge in [0.25, 0.3) is 0 Å². The third-order valence-corrected chi connectivity index (χ3v) is 3.83. The summed E-state index contributed by atoms with van der Waals surface area (Å²) in [5, 5.41) is 9.09. The fraction of sp³-hybridized carbons (Fsp3) is 1.00. The molecule has 82 valence electrons. The highest BCUT2D eigenvalue weighted by Crippen LogP contribution is 2.48. The molecule has 2 nitrogen and oxygen atoms in total. The second-order valence-electron chi connectivity index (χ2n) is 5.84. The summed E-state index contributed by atoms with van der Waals surface area (Å²) in [6.45, 7) is 4.87. The van der Waals surface area contributed by atoms with Crippen LogP contribution in [0.15, 0.2) is 0 Å². The van der Waals surface area contributed by atoms with E-state index in [2.05, 4.69) is 13.8 Å². The second kappa shape index (κ2) is 3.49. The van der Waals surface area contributed by atoms with Crippen molar-refractivity contribution in [3.63, 3.8) is 0 Å². The number of aliphatic hydroxyl groups excluding tert-OH is 1. The highest BCUT2D eigenvalue weighted by molar-refractivity contribution is 4.96. The van der Waals surface area contributed by atoms with Gasteiger partial charge in [-0.25, -0.2) is 0 Å². The summed E-state index contributed by atoms with van der Waals surface area (Å²) in [5.41, 5.74) is 0.553. The van der Waals surface area contributed by atoms with Crippen molar-refractivity contribution in [1.82, 2.24) is 0 Å². The van der Waals surface area contributed by atoms with Gasteiger partial charge in [0, 0.05) is 0 Å². The maximum atomic E-state index is 9.09. The van der Waals surface area contributed by atoms with Crippen LogP contribution < -0.4 is 0 Å². The van der Waals surface area contributed by atoms with Crippen LogP contribution in [0.2, 0.25) is 0 Å². The van der Waals surface area contributed by atoms with Gasteiger partial charge in [0.2, 0.25) is 0 Å². The van der Waals surface area contributed by atoms with Gasteiger partial charge in [-0.3, -0.25) is 0 Å². The smallest absolute Gasteiger partial charge is 0.0814 e. The molecule has 0 aromatic rings. The SMILES string of the molecule is CC1(C)CCCC2(CCC(CO)O2)C1. The van der Waals surface area contributed by atoms with Crippen molar-refractivity contribution in [1.29, 1.82) is 0 Å². The lowest BCUT2D eigenvalue weighted by atomic mass is 9.69. The summed E-state index contributed by atoms with van der Waals surface area (Å²) in [4.78, 5) is 0. The van der Waals surface area contributed by atoms with E-state index in [9.17, 15) is 0 Å². The molecule has 14 heavy (non-hydrogen) atoms. The van der Waals surface area contributed by atoms with Crippen LogP contribution in [0.5, 0.6) is 0 Å². The first-order valence-corrected chi connectivity index (χ1v) is 5.84. The molecule has 0 radical (unpaired) electrons. The summed E-state index contributed by atoms with van der Waals surface area (Å²) >= 11 is 0. The fourth-order valence-corrected chi connectivity index (χ4v) is 3.28. The second-order valence-corrected chi connectivity index (χ2v) is 5.84. The highest BCUT2D eigenvalue weighted by Gasteiger charge is 2.45. The molecule has 1 aliphatic carbocycles. The molecule has 0 aromatic carbocycles. The van der Waals surface area contributed by atoms with Gasteiger partial charge in [-0.15, -0.1) is 0 Å². The van der Waals surface area contributed by atoms with Gasteiger partial charge < -0.3 is 9.84 Å². The fourth-order valence-electron chi connectivity index (χ4n) is 3.28. The Hall–Kier alpha value is -0.0800. The minimum Gasteiger partial charge on any atom is -0.394 e. The first-order chi connectivity index (χ1) is 6.55. The largest absolute Gasteiger partial charge is 0.394 e. The Morgan fingerprint density at radius 2 is 2.07 bits per heavy atom. The van der Waals surface area contributed by atoms with Crippen LogP contribution >= 0.6 is 0 Å². The summed E-state index contributed by atoms with van der Waals surface area (Å²) in [6, 6.07) is 0. The number of rotatable bonds is 1. The van der Waals surface area contributed by atoms with Crippen LogP contribution in [0, 0.1) is 5.41 Å². The molecule has 1 aliphatic heterocycles. The average molecular weight is 198 g/mol.